The van der Waals surface area contributed by atoms with Crippen molar-refractivity contribution in [1.82, 2.24) is 4.98 Å². The molecule has 0 atom stereocenters. The second-order valence-corrected chi connectivity index (χ2v) is 5.60. The molecule has 0 bridgehead atoms. The average molecular weight is 292 g/mol. The third-order valence-electron chi connectivity index (χ3n) is 3.19. The third kappa shape index (κ3) is 2.83. The van der Waals surface area contributed by atoms with E-state index < -0.39 is 0 Å². The average Bonchev–Trinajstić information content (AvgIpc) is 2.55. The molecule has 102 valence electrons. The molecule has 0 spiro atoms. The van der Waals surface area contributed by atoms with Crippen molar-refractivity contribution in [2.45, 2.75) is 10.6 Å². The lowest BCUT2D eigenvalue weighted by Gasteiger charge is -2.08. The Kier molecular flexibility index (Phi) is 3.76. The first kappa shape index (κ1) is 13.5. The van der Waals surface area contributed by atoms with E-state index in [1.807, 2.05) is 42.5 Å². The number of rotatable bonds is 3. The van der Waals surface area contributed by atoms with E-state index in [2.05, 4.69) is 4.98 Å². The number of thioether (sulfide) groups is 1. The van der Waals surface area contributed by atoms with Gasteiger partial charge >= 0.3 is 0 Å². The zero-order valence-electron chi connectivity index (χ0n) is 11.2. The second-order valence-electron chi connectivity index (χ2n) is 4.58. The highest BCUT2D eigenvalue weighted by molar-refractivity contribution is 7.98. The van der Waals surface area contributed by atoms with Gasteiger partial charge in [0.2, 0.25) is 0 Å². The van der Waals surface area contributed by atoms with Gasteiger partial charge in [0.15, 0.2) is 0 Å². The lowest BCUT2D eigenvalue weighted by atomic mass is 10.1. The molecule has 4 heteroatoms. The molecule has 0 fully saturated rings. The summed E-state index contributed by atoms with van der Waals surface area (Å²) in [5.41, 5.74) is 1.49. The Bertz CT molecular complexity index is 840. The quantitative estimate of drug-likeness (QED) is 0.738. The smallest absolute Gasteiger partial charge is 0.140 e. The van der Waals surface area contributed by atoms with Gasteiger partial charge in [0.25, 0.3) is 0 Å². The first-order valence-corrected chi connectivity index (χ1v) is 7.45. The minimum absolute atomic E-state index is 0.297. The van der Waals surface area contributed by atoms with Gasteiger partial charge in [0, 0.05) is 22.2 Å². The molecule has 21 heavy (non-hydrogen) atoms. The molecule has 3 aromatic rings. The van der Waals surface area contributed by atoms with Crippen LogP contribution in [0.15, 0.2) is 59.6 Å². The summed E-state index contributed by atoms with van der Waals surface area (Å²) in [7, 11) is 0. The molecular weight excluding hydrogens is 280 g/mol. The number of nitriles is 1. The Hall–Kier alpha value is -2.51. The van der Waals surface area contributed by atoms with E-state index in [4.69, 9.17) is 5.26 Å². The van der Waals surface area contributed by atoms with Crippen molar-refractivity contribution in [2.24, 2.45) is 0 Å². The van der Waals surface area contributed by atoms with Crippen LogP contribution < -0.4 is 0 Å². The van der Waals surface area contributed by atoms with Crippen LogP contribution in [-0.2, 0) is 5.75 Å². The standard InChI is InChI=1S/C17H12N2OS/c18-10-13-9-12(7-8-19-13)11-21-17-6-5-16(20)14-3-1-2-4-15(14)17/h1-9,20H,11H2. The van der Waals surface area contributed by atoms with Gasteiger partial charge in [-0.25, -0.2) is 4.98 Å². The van der Waals surface area contributed by atoms with Crippen molar-refractivity contribution in [3.05, 3.63) is 66.0 Å². The molecule has 0 saturated heterocycles. The van der Waals surface area contributed by atoms with Crippen LogP contribution in [-0.4, -0.2) is 10.1 Å². The van der Waals surface area contributed by atoms with Crippen LogP contribution in [0.2, 0.25) is 0 Å². The predicted molar refractivity (Wildman–Crippen MR) is 84.1 cm³/mol. The van der Waals surface area contributed by atoms with Gasteiger partial charge < -0.3 is 5.11 Å². The van der Waals surface area contributed by atoms with Crippen molar-refractivity contribution in [2.75, 3.05) is 0 Å². The van der Waals surface area contributed by atoms with E-state index in [-0.39, 0.29) is 0 Å². The van der Waals surface area contributed by atoms with E-state index in [0.29, 0.717) is 11.4 Å². The molecule has 0 unspecified atom stereocenters. The molecule has 0 aliphatic carbocycles. The van der Waals surface area contributed by atoms with Gasteiger partial charge in [-0.05, 0) is 35.2 Å². The maximum atomic E-state index is 9.90. The number of phenols is 1. The molecule has 3 nitrogen and oxygen atoms in total. The topological polar surface area (TPSA) is 56.9 Å². The summed E-state index contributed by atoms with van der Waals surface area (Å²) in [6.45, 7) is 0. The summed E-state index contributed by atoms with van der Waals surface area (Å²) in [6, 6.07) is 17.2. The molecule has 0 aliphatic heterocycles. The van der Waals surface area contributed by atoms with Crippen LogP contribution >= 0.6 is 11.8 Å². The Balaban J connectivity index is 1.89. The zero-order chi connectivity index (χ0) is 14.7. The Morgan fingerprint density at radius 2 is 1.90 bits per heavy atom. The number of fused-ring (bicyclic) bond motifs is 1. The van der Waals surface area contributed by atoms with Gasteiger partial charge in [-0.2, -0.15) is 5.26 Å². The summed E-state index contributed by atoms with van der Waals surface area (Å²) in [4.78, 5) is 5.08. The molecular formula is C17H12N2OS. The Morgan fingerprint density at radius 1 is 1.10 bits per heavy atom. The predicted octanol–water partition coefficient (Wildman–Crippen LogP) is 4.10. The van der Waals surface area contributed by atoms with E-state index in [0.717, 1.165) is 27.0 Å². The largest absolute Gasteiger partial charge is 0.507 e. The summed E-state index contributed by atoms with van der Waals surface area (Å²) in [6.07, 6.45) is 1.66. The van der Waals surface area contributed by atoms with Crippen molar-refractivity contribution in [3.63, 3.8) is 0 Å². The van der Waals surface area contributed by atoms with Crippen LogP contribution in [0.25, 0.3) is 10.8 Å². The maximum Gasteiger partial charge on any atom is 0.140 e. The number of pyridine rings is 1. The lowest BCUT2D eigenvalue weighted by Crippen LogP contribution is -1.87. The molecule has 1 heterocycles. The van der Waals surface area contributed by atoms with Crippen molar-refractivity contribution >= 4 is 22.5 Å². The van der Waals surface area contributed by atoms with E-state index >= 15 is 0 Å². The van der Waals surface area contributed by atoms with Crippen LogP contribution in [0.3, 0.4) is 0 Å². The highest BCUT2D eigenvalue weighted by atomic mass is 32.2. The first-order valence-electron chi connectivity index (χ1n) is 6.46. The van der Waals surface area contributed by atoms with Crippen LogP contribution in [0.1, 0.15) is 11.3 Å². The minimum atomic E-state index is 0.297. The highest BCUT2D eigenvalue weighted by Crippen LogP contribution is 2.34. The van der Waals surface area contributed by atoms with Crippen LogP contribution in [0, 0.1) is 11.3 Å². The van der Waals surface area contributed by atoms with Gasteiger partial charge in [0.05, 0.1) is 0 Å². The van der Waals surface area contributed by atoms with E-state index in [9.17, 15) is 5.11 Å². The van der Waals surface area contributed by atoms with Crippen molar-refractivity contribution < 1.29 is 5.11 Å². The van der Waals surface area contributed by atoms with Gasteiger partial charge in [-0.1, -0.05) is 24.3 Å². The maximum absolute atomic E-state index is 9.90. The summed E-state index contributed by atoms with van der Waals surface area (Å²) in [5, 5.41) is 20.7. The number of aromatic hydroxyl groups is 1. The monoisotopic (exact) mass is 292 g/mol. The number of nitrogens with zero attached hydrogens (tertiary/aromatic N) is 2. The number of phenolic OH excluding ortho intramolecular Hbond substituents is 1. The third-order valence-corrected chi connectivity index (χ3v) is 4.34. The normalized spacial score (nSPS) is 10.4. The van der Waals surface area contributed by atoms with E-state index in [1.54, 1.807) is 30.1 Å². The first-order chi connectivity index (χ1) is 10.3. The fourth-order valence-corrected chi connectivity index (χ4v) is 3.17. The second kappa shape index (κ2) is 5.86. The summed E-state index contributed by atoms with van der Waals surface area (Å²) in [5.74, 6) is 1.05. The van der Waals surface area contributed by atoms with Crippen molar-refractivity contribution in [3.8, 4) is 11.8 Å². The van der Waals surface area contributed by atoms with Gasteiger partial charge in [0.1, 0.15) is 17.5 Å². The molecule has 0 radical (unpaired) electrons. The summed E-state index contributed by atoms with van der Waals surface area (Å²) >= 11 is 1.68. The Morgan fingerprint density at radius 3 is 2.71 bits per heavy atom. The molecule has 2 aromatic carbocycles. The van der Waals surface area contributed by atoms with Gasteiger partial charge in [-0.15, -0.1) is 11.8 Å². The number of aromatic nitrogens is 1. The highest BCUT2D eigenvalue weighted by Gasteiger charge is 2.06. The zero-order valence-corrected chi connectivity index (χ0v) is 12.0. The van der Waals surface area contributed by atoms with E-state index in [1.165, 1.54) is 0 Å². The van der Waals surface area contributed by atoms with Crippen molar-refractivity contribution in [1.29, 1.82) is 5.26 Å². The molecule has 0 aliphatic rings. The molecule has 0 amide bonds. The molecule has 1 aromatic heterocycles. The number of hydrogen-bond acceptors (Lipinski definition) is 4. The van der Waals surface area contributed by atoms with Gasteiger partial charge in [-0.3, -0.25) is 0 Å². The lowest BCUT2D eigenvalue weighted by molar-refractivity contribution is 0.481. The Labute approximate surface area is 126 Å². The SMILES string of the molecule is N#Cc1cc(CSc2ccc(O)c3ccccc23)ccn1. The number of benzene rings is 2. The van der Waals surface area contributed by atoms with Crippen LogP contribution in [0.4, 0.5) is 0 Å². The number of hydrogen-bond donors (Lipinski definition) is 1. The summed E-state index contributed by atoms with van der Waals surface area (Å²) < 4.78 is 0. The minimum Gasteiger partial charge on any atom is -0.507 e. The van der Waals surface area contributed by atoms with Crippen LogP contribution in [0.5, 0.6) is 5.75 Å². The molecule has 1 N–H and O–H groups in total. The molecule has 0 saturated carbocycles. The fourth-order valence-electron chi connectivity index (χ4n) is 2.17. The molecule has 3 rings (SSSR count). The fraction of sp³-hybridized carbons (Fsp3) is 0.0588.